The maximum atomic E-state index is 14.7. The number of nitrogens with zero attached hydrogens (tertiary/aromatic N) is 1. The van der Waals surface area contributed by atoms with E-state index in [0.29, 0.717) is 21.7 Å². The number of Topliss-reactive ketones (excluding diaryl/α,β-unsaturated/α-hetero) is 3. The zero-order valence-corrected chi connectivity index (χ0v) is 22.9. The lowest BCUT2D eigenvalue weighted by Gasteiger charge is -2.37. The van der Waals surface area contributed by atoms with Crippen molar-refractivity contribution < 1.29 is 14.4 Å². The lowest BCUT2D eigenvalue weighted by molar-refractivity contribution is 0.0666. The molecular weight excluding hydrogens is 518 g/mol. The van der Waals surface area contributed by atoms with E-state index in [9.17, 15) is 14.4 Å². The summed E-state index contributed by atoms with van der Waals surface area (Å²) in [6.07, 6.45) is 3.85. The van der Waals surface area contributed by atoms with Crippen LogP contribution in [0.3, 0.4) is 0 Å². The fourth-order valence-electron chi connectivity index (χ4n) is 6.98. The molecule has 40 heavy (non-hydrogen) atoms. The minimum Gasteiger partial charge on any atom is -0.352 e. The lowest BCUT2D eigenvalue weighted by atomic mass is 9.64. The summed E-state index contributed by atoms with van der Waals surface area (Å²) in [6, 6.07) is 26.5. The van der Waals surface area contributed by atoms with Crippen LogP contribution < -0.4 is 4.90 Å². The Bertz CT molecular complexity index is 1720. The summed E-state index contributed by atoms with van der Waals surface area (Å²) in [5, 5.41) is 0.577. The molecule has 1 aliphatic carbocycles. The Balaban J connectivity index is 1.54. The van der Waals surface area contributed by atoms with Crippen molar-refractivity contribution in [2.24, 2.45) is 5.41 Å². The number of carbonyl (C=O) groups excluding carboxylic acids is 3. The molecule has 3 aliphatic rings. The van der Waals surface area contributed by atoms with Gasteiger partial charge in [-0.15, -0.1) is 0 Å². The van der Waals surface area contributed by atoms with Gasteiger partial charge in [0.1, 0.15) is 11.5 Å². The predicted molar refractivity (Wildman–Crippen MR) is 158 cm³/mol. The van der Waals surface area contributed by atoms with Crippen molar-refractivity contribution in [3.8, 4) is 0 Å². The molecule has 2 heterocycles. The van der Waals surface area contributed by atoms with E-state index in [1.165, 1.54) is 0 Å². The molecule has 1 fully saturated rings. The Hall–Kier alpha value is -4.28. The molecule has 0 saturated carbocycles. The predicted octanol–water partition coefficient (Wildman–Crippen LogP) is 7.27. The molecule has 5 heteroatoms. The van der Waals surface area contributed by atoms with Gasteiger partial charge in [-0.1, -0.05) is 108 Å². The number of ketones is 3. The Labute approximate surface area is 237 Å². The summed E-state index contributed by atoms with van der Waals surface area (Å²) < 4.78 is 0. The molecule has 4 aromatic rings. The molecule has 0 bridgehead atoms. The van der Waals surface area contributed by atoms with E-state index in [4.69, 9.17) is 11.6 Å². The molecular formula is C35H26ClNO3. The Morgan fingerprint density at radius 1 is 0.800 bits per heavy atom. The van der Waals surface area contributed by atoms with Gasteiger partial charge in [0.2, 0.25) is 0 Å². The number of halogens is 1. The van der Waals surface area contributed by atoms with Crippen LogP contribution in [0.15, 0.2) is 97.1 Å². The SMILES string of the molecule is Cc1ccc(C(=O)[C@H]2[C@H](c3ccc(C)cc3)C3(C(=O)c4ccccc4C3=O)[C@H]3C=Cc4cc(Cl)ccc4N23)cc1. The maximum absolute atomic E-state index is 14.7. The van der Waals surface area contributed by atoms with Gasteiger partial charge in [-0.3, -0.25) is 14.4 Å². The third-order valence-corrected chi connectivity index (χ3v) is 9.04. The molecule has 1 saturated heterocycles. The zero-order chi connectivity index (χ0) is 27.8. The van der Waals surface area contributed by atoms with Crippen molar-refractivity contribution >= 4 is 40.7 Å². The van der Waals surface area contributed by atoms with Crippen molar-refractivity contribution in [1.82, 2.24) is 0 Å². The highest BCUT2D eigenvalue weighted by atomic mass is 35.5. The van der Waals surface area contributed by atoms with Gasteiger partial charge in [0.15, 0.2) is 17.3 Å². The Morgan fingerprint density at radius 2 is 1.40 bits per heavy atom. The largest absolute Gasteiger partial charge is 0.352 e. The molecule has 3 atom stereocenters. The highest BCUT2D eigenvalue weighted by Crippen LogP contribution is 2.61. The number of rotatable bonds is 3. The van der Waals surface area contributed by atoms with Gasteiger partial charge < -0.3 is 4.90 Å². The van der Waals surface area contributed by atoms with Crippen LogP contribution in [0.1, 0.15) is 59.2 Å². The first-order chi connectivity index (χ1) is 19.3. The second-order valence-corrected chi connectivity index (χ2v) is 11.5. The second kappa shape index (κ2) is 8.87. The van der Waals surface area contributed by atoms with Gasteiger partial charge in [-0.2, -0.15) is 0 Å². The van der Waals surface area contributed by atoms with E-state index in [0.717, 1.165) is 27.9 Å². The van der Waals surface area contributed by atoms with Crippen molar-refractivity contribution in [1.29, 1.82) is 0 Å². The maximum Gasteiger partial charge on any atom is 0.185 e. The monoisotopic (exact) mass is 543 g/mol. The van der Waals surface area contributed by atoms with Crippen LogP contribution in [-0.4, -0.2) is 29.4 Å². The first-order valence-corrected chi connectivity index (χ1v) is 13.8. The molecule has 4 aromatic carbocycles. The molecule has 196 valence electrons. The van der Waals surface area contributed by atoms with E-state index in [2.05, 4.69) is 0 Å². The van der Waals surface area contributed by atoms with Gasteiger partial charge in [0.25, 0.3) is 0 Å². The van der Waals surface area contributed by atoms with Crippen LogP contribution in [0, 0.1) is 19.3 Å². The van der Waals surface area contributed by atoms with Crippen molar-refractivity contribution in [3.63, 3.8) is 0 Å². The molecule has 0 aromatic heterocycles. The molecule has 0 unspecified atom stereocenters. The number of benzene rings is 4. The summed E-state index contributed by atoms with van der Waals surface area (Å²) >= 11 is 6.37. The topological polar surface area (TPSA) is 54.5 Å². The molecule has 4 nitrogen and oxygen atoms in total. The van der Waals surface area contributed by atoms with E-state index < -0.39 is 23.4 Å². The van der Waals surface area contributed by atoms with Crippen LogP contribution in [0.25, 0.3) is 6.08 Å². The van der Waals surface area contributed by atoms with E-state index in [1.807, 2.05) is 91.6 Å². The molecule has 7 rings (SSSR count). The zero-order valence-electron chi connectivity index (χ0n) is 22.1. The van der Waals surface area contributed by atoms with E-state index in [-0.39, 0.29) is 17.3 Å². The number of fused-ring (bicyclic) bond motifs is 5. The number of carbonyl (C=O) groups is 3. The minimum absolute atomic E-state index is 0.125. The number of hydrogen-bond donors (Lipinski definition) is 0. The standard InChI is InChI=1S/C35H26ClNO3/c1-20-7-11-22(12-8-20)30-31(32(38)23-13-9-21(2)10-14-23)37-28-17-16-25(36)19-24(28)15-18-29(37)35(30)33(39)26-5-3-4-6-27(26)34(35)40/h3-19,29-31H,1-2H3/t29-,30+,31-/m1/s1. The van der Waals surface area contributed by atoms with E-state index >= 15 is 0 Å². The lowest BCUT2D eigenvalue weighted by Crippen LogP contribution is -2.48. The normalized spacial score (nSPS) is 21.9. The first kappa shape index (κ1) is 24.7. The van der Waals surface area contributed by atoms with Gasteiger partial charge in [0.05, 0.1) is 6.04 Å². The fraction of sp³-hybridized carbons (Fsp3) is 0.171. The van der Waals surface area contributed by atoms with Crippen molar-refractivity contribution in [2.45, 2.75) is 31.8 Å². The summed E-state index contributed by atoms with van der Waals surface area (Å²) in [5.74, 6) is -1.30. The summed E-state index contributed by atoms with van der Waals surface area (Å²) in [6.45, 7) is 3.98. The third-order valence-electron chi connectivity index (χ3n) is 8.81. The van der Waals surface area contributed by atoms with Gasteiger partial charge in [-0.25, -0.2) is 0 Å². The molecule has 1 spiro atoms. The van der Waals surface area contributed by atoms with Crippen molar-refractivity contribution in [3.05, 3.63) is 141 Å². The molecule has 0 N–H and O–H groups in total. The fourth-order valence-corrected chi connectivity index (χ4v) is 7.16. The average molecular weight is 544 g/mol. The Morgan fingerprint density at radius 3 is 2.02 bits per heavy atom. The number of hydrogen-bond acceptors (Lipinski definition) is 4. The number of aryl methyl sites for hydroxylation is 2. The van der Waals surface area contributed by atoms with Crippen LogP contribution in [0.2, 0.25) is 5.02 Å². The number of anilines is 1. The summed E-state index contributed by atoms with van der Waals surface area (Å²) in [4.78, 5) is 45.9. The van der Waals surface area contributed by atoms with E-state index in [1.54, 1.807) is 30.3 Å². The smallest absolute Gasteiger partial charge is 0.185 e. The highest BCUT2D eigenvalue weighted by Gasteiger charge is 2.71. The first-order valence-electron chi connectivity index (χ1n) is 13.4. The minimum atomic E-state index is -1.50. The van der Waals surface area contributed by atoms with Crippen LogP contribution >= 0.6 is 11.6 Å². The van der Waals surface area contributed by atoms with Crippen molar-refractivity contribution in [2.75, 3.05) is 4.90 Å². The summed E-state index contributed by atoms with van der Waals surface area (Å²) in [5.41, 5.74) is 4.41. The third kappa shape index (κ3) is 3.29. The van der Waals surface area contributed by atoms with Crippen LogP contribution in [-0.2, 0) is 0 Å². The average Bonchev–Trinajstić information content (AvgIpc) is 3.39. The Kier molecular flexibility index (Phi) is 5.48. The quantitative estimate of drug-likeness (QED) is 0.201. The van der Waals surface area contributed by atoms with Crippen LogP contribution in [0.5, 0.6) is 0 Å². The van der Waals surface area contributed by atoms with Crippen LogP contribution in [0.4, 0.5) is 5.69 Å². The second-order valence-electron chi connectivity index (χ2n) is 11.1. The van der Waals surface area contributed by atoms with Gasteiger partial charge >= 0.3 is 0 Å². The molecule has 0 radical (unpaired) electrons. The summed E-state index contributed by atoms with van der Waals surface area (Å²) in [7, 11) is 0. The molecule has 2 aliphatic heterocycles. The van der Waals surface area contributed by atoms with Gasteiger partial charge in [0, 0.05) is 33.3 Å². The highest BCUT2D eigenvalue weighted by molar-refractivity contribution is 6.32. The van der Waals surface area contributed by atoms with Gasteiger partial charge in [-0.05, 0) is 43.2 Å². The molecule has 0 amide bonds.